The van der Waals surface area contributed by atoms with Crippen LogP contribution in [0.5, 0.6) is 0 Å². The molecule has 1 unspecified atom stereocenters. The third kappa shape index (κ3) is 6.60. The number of nitrogens with zero attached hydrogens (tertiary/aromatic N) is 4. The zero-order valence-corrected chi connectivity index (χ0v) is 24.8. The Balaban J connectivity index is 1.09. The Morgan fingerprint density at radius 2 is 1.48 bits per heavy atom. The van der Waals surface area contributed by atoms with E-state index >= 15 is 0 Å². The summed E-state index contributed by atoms with van der Waals surface area (Å²) in [7, 11) is 0. The van der Waals surface area contributed by atoms with Crippen LogP contribution in [0.4, 0.5) is 0 Å². The van der Waals surface area contributed by atoms with Crippen molar-refractivity contribution < 1.29 is 0 Å². The fourth-order valence-corrected chi connectivity index (χ4v) is 7.38. The van der Waals surface area contributed by atoms with Crippen molar-refractivity contribution >= 4 is 11.0 Å². The molecule has 2 aromatic carbocycles. The van der Waals surface area contributed by atoms with E-state index < -0.39 is 0 Å². The molecule has 7 heteroatoms. The predicted molar refractivity (Wildman–Crippen MR) is 169 cm³/mol. The molecule has 2 saturated heterocycles. The molecule has 3 aliphatic rings. The largest absolute Gasteiger partial charge is 0.341 e. The van der Waals surface area contributed by atoms with Gasteiger partial charge in [-0.05, 0) is 92.9 Å². The molecule has 4 heterocycles. The minimum absolute atomic E-state index is 0.288. The van der Waals surface area contributed by atoms with Crippen LogP contribution in [0.15, 0.2) is 66.9 Å². The Morgan fingerprint density at radius 1 is 0.738 bits per heavy atom. The lowest BCUT2D eigenvalue weighted by molar-refractivity contribution is 0.153. The first-order chi connectivity index (χ1) is 20.8. The minimum atomic E-state index is 0.288. The van der Waals surface area contributed by atoms with Gasteiger partial charge in [-0.15, -0.1) is 0 Å². The van der Waals surface area contributed by atoms with Crippen molar-refractivity contribution in [1.29, 1.82) is 0 Å². The third-order valence-corrected chi connectivity index (χ3v) is 9.49. The molecular formula is C35H45N7. The molecule has 42 heavy (non-hydrogen) atoms. The second kappa shape index (κ2) is 13.0. The number of rotatable bonds is 11. The van der Waals surface area contributed by atoms with Crippen molar-refractivity contribution in [3.63, 3.8) is 0 Å². The zero-order valence-electron chi connectivity index (χ0n) is 24.8. The molecule has 4 aromatic rings. The van der Waals surface area contributed by atoms with Crippen molar-refractivity contribution in [3.8, 4) is 0 Å². The van der Waals surface area contributed by atoms with Gasteiger partial charge in [0.1, 0.15) is 5.82 Å². The van der Waals surface area contributed by atoms with Crippen LogP contribution in [0.3, 0.4) is 0 Å². The van der Waals surface area contributed by atoms with E-state index in [0.717, 1.165) is 62.4 Å². The number of pyridine rings is 1. The maximum absolute atomic E-state index is 4.94. The van der Waals surface area contributed by atoms with Gasteiger partial charge in [-0.1, -0.05) is 42.5 Å². The molecule has 7 rings (SSSR count). The monoisotopic (exact) mass is 563 g/mol. The van der Waals surface area contributed by atoms with Crippen molar-refractivity contribution in [2.75, 3.05) is 26.2 Å². The number of imidazole rings is 1. The predicted octanol–water partition coefficient (Wildman–Crippen LogP) is 5.34. The van der Waals surface area contributed by atoms with Crippen molar-refractivity contribution in [1.82, 2.24) is 35.4 Å². The van der Waals surface area contributed by atoms with Crippen LogP contribution in [0, 0.1) is 0 Å². The minimum Gasteiger partial charge on any atom is -0.341 e. The van der Waals surface area contributed by atoms with Crippen LogP contribution in [-0.2, 0) is 26.1 Å². The van der Waals surface area contributed by atoms with E-state index in [2.05, 4.69) is 86.1 Å². The molecule has 2 aliphatic heterocycles. The maximum atomic E-state index is 4.94. The Labute approximate surface area is 250 Å². The second-order valence-electron chi connectivity index (χ2n) is 12.7. The molecule has 7 nitrogen and oxygen atoms in total. The topological polar surface area (TPSA) is 72.1 Å². The van der Waals surface area contributed by atoms with Crippen molar-refractivity contribution in [2.24, 2.45) is 0 Å². The van der Waals surface area contributed by atoms with Crippen LogP contribution in [0.1, 0.15) is 72.8 Å². The van der Waals surface area contributed by atoms with Gasteiger partial charge >= 0.3 is 0 Å². The highest BCUT2D eigenvalue weighted by atomic mass is 15.2. The molecule has 3 atom stereocenters. The van der Waals surface area contributed by atoms with Crippen LogP contribution in [0.2, 0.25) is 0 Å². The van der Waals surface area contributed by atoms with Crippen LogP contribution < -0.4 is 10.6 Å². The van der Waals surface area contributed by atoms with E-state index in [-0.39, 0.29) is 6.04 Å². The van der Waals surface area contributed by atoms with Gasteiger partial charge in [-0.25, -0.2) is 4.98 Å². The number of nitrogens with one attached hydrogen (secondary N) is 3. The standard InChI is InChI=1S/C35H45N7/c1-2-12-32-31(11-1)39-34(40-32)25-42(33-13-3-7-28-8-4-20-38-35(28)33)22-27-16-14-26(15-17-27)21-41(23-29-9-5-18-36-29)24-30-10-6-19-37-30/h1-2,4,8,11-12,14-17,20,29-30,33,36-37H,3,5-7,9-10,13,18-19,21-25H2,(H,39,40)/t29-,30-,33?/m1/s1. The molecule has 2 aromatic heterocycles. The number of H-pyrrole nitrogens is 1. The number of aromatic amines is 1. The first kappa shape index (κ1) is 27.7. The van der Waals surface area contributed by atoms with Crippen molar-refractivity contribution in [3.05, 3.63) is 95.1 Å². The second-order valence-corrected chi connectivity index (χ2v) is 12.7. The Hall–Kier alpha value is -3.10. The molecule has 2 fully saturated rings. The molecular weight excluding hydrogens is 518 g/mol. The van der Waals surface area contributed by atoms with Crippen molar-refractivity contribution in [2.45, 2.75) is 82.7 Å². The van der Waals surface area contributed by atoms with Gasteiger partial charge in [0.05, 0.1) is 29.3 Å². The summed E-state index contributed by atoms with van der Waals surface area (Å²) in [6, 6.07) is 23.6. The van der Waals surface area contributed by atoms with Crippen LogP contribution in [-0.4, -0.2) is 63.0 Å². The van der Waals surface area contributed by atoms with Gasteiger partial charge < -0.3 is 15.6 Å². The Morgan fingerprint density at radius 3 is 2.19 bits per heavy atom. The normalized spacial score (nSPS) is 22.4. The summed E-state index contributed by atoms with van der Waals surface area (Å²) >= 11 is 0. The molecule has 0 spiro atoms. The van der Waals surface area contributed by atoms with Gasteiger partial charge in [0, 0.05) is 44.5 Å². The van der Waals surface area contributed by atoms with Gasteiger partial charge in [0.25, 0.3) is 0 Å². The van der Waals surface area contributed by atoms with Gasteiger partial charge in [0.15, 0.2) is 0 Å². The summed E-state index contributed by atoms with van der Waals surface area (Å²) in [6.45, 7) is 7.27. The summed E-state index contributed by atoms with van der Waals surface area (Å²) in [6.07, 6.45) is 10.6. The van der Waals surface area contributed by atoms with E-state index in [4.69, 9.17) is 9.97 Å². The van der Waals surface area contributed by atoms with Crippen LogP contribution in [0.25, 0.3) is 11.0 Å². The Bertz CT molecular complexity index is 1380. The van der Waals surface area contributed by atoms with E-state index in [1.165, 1.54) is 67.6 Å². The number of aryl methyl sites for hydroxylation is 1. The number of hydrogen-bond acceptors (Lipinski definition) is 6. The molecule has 3 N–H and O–H groups in total. The van der Waals surface area contributed by atoms with Gasteiger partial charge in [-0.2, -0.15) is 0 Å². The third-order valence-electron chi connectivity index (χ3n) is 9.49. The number of fused-ring (bicyclic) bond motifs is 2. The SMILES string of the molecule is c1cnc2c(c1)CCCC2N(Cc1ccc(CN(C[C@H]2CCCN2)C[C@H]2CCCN2)cc1)Cc1nc2ccccc2[nH]1. The molecule has 0 amide bonds. The summed E-state index contributed by atoms with van der Waals surface area (Å²) in [5.74, 6) is 1.02. The molecule has 0 saturated carbocycles. The van der Waals surface area contributed by atoms with E-state index in [1.54, 1.807) is 0 Å². The van der Waals surface area contributed by atoms with E-state index in [9.17, 15) is 0 Å². The smallest absolute Gasteiger partial charge is 0.121 e. The number of aromatic nitrogens is 3. The van der Waals surface area contributed by atoms with Gasteiger partial charge in [-0.3, -0.25) is 14.8 Å². The lowest BCUT2D eigenvalue weighted by Gasteiger charge is -2.34. The lowest BCUT2D eigenvalue weighted by atomic mass is 9.90. The Kier molecular flexibility index (Phi) is 8.61. The maximum Gasteiger partial charge on any atom is 0.121 e. The first-order valence-corrected chi connectivity index (χ1v) is 16.2. The van der Waals surface area contributed by atoms with E-state index in [1.807, 2.05) is 6.20 Å². The van der Waals surface area contributed by atoms with Gasteiger partial charge in [0.2, 0.25) is 0 Å². The molecule has 0 bridgehead atoms. The lowest BCUT2D eigenvalue weighted by Crippen LogP contribution is -2.43. The average Bonchev–Trinajstić information content (AvgIpc) is 3.80. The first-order valence-electron chi connectivity index (χ1n) is 16.2. The summed E-state index contributed by atoms with van der Waals surface area (Å²) in [5, 5.41) is 7.43. The zero-order chi connectivity index (χ0) is 28.1. The number of para-hydroxylation sites is 2. The highest BCUT2D eigenvalue weighted by Crippen LogP contribution is 2.35. The summed E-state index contributed by atoms with van der Waals surface area (Å²) < 4.78 is 0. The molecule has 220 valence electrons. The fourth-order valence-electron chi connectivity index (χ4n) is 7.38. The quantitative estimate of drug-likeness (QED) is 0.229. The highest BCUT2D eigenvalue weighted by Gasteiger charge is 2.28. The summed E-state index contributed by atoms with van der Waals surface area (Å²) in [4.78, 5) is 18.7. The summed E-state index contributed by atoms with van der Waals surface area (Å²) in [5.41, 5.74) is 7.52. The number of hydrogen-bond donors (Lipinski definition) is 3. The average molecular weight is 564 g/mol. The highest BCUT2D eigenvalue weighted by molar-refractivity contribution is 5.74. The number of benzene rings is 2. The van der Waals surface area contributed by atoms with E-state index in [0.29, 0.717) is 12.1 Å². The van der Waals surface area contributed by atoms with Crippen LogP contribution >= 0.6 is 0 Å². The molecule has 1 aliphatic carbocycles. The fraction of sp³-hybridized carbons (Fsp3) is 0.486. The molecule has 0 radical (unpaired) electrons.